The second kappa shape index (κ2) is 8.73. The molecule has 1 aromatic rings. The van der Waals surface area contributed by atoms with Gasteiger partial charge in [0.15, 0.2) is 0 Å². The van der Waals surface area contributed by atoms with Crippen molar-refractivity contribution in [2.24, 2.45) is 11.0 Å². The predicted octanol–water partition coefficient (Wildman–Crippen LogP) is 3.91. The van der Waals surface area contributed by atoms with E-state index in [0.717, 1.165) is 0 Å². The van der Waals surface area contributed by atoms with Gasteiger partial charge in [-0.05, 0) is 75.7 Å². The first kappa shape index (κ1) is 19.0. The summed E-state index contributed by atoms with van der Waals surface area (Å²) in [6.07, 6.45) is 19.8. The molecule has 2 fully saturated rings. The third-order valence-corrected chi connectivity index (χ3v) is 5.06. The van der Waals surface area contributed by atoms with Crippen LogP contribution in [0.25, 0.3) is 0 Å². The summed E-state index contributed by atoms with van der Waals surface area (Å²) >= 11 is 0. The molecule has 3 unspecified atom stereocenters. The van der Waals surface area contributed by atoms with Gasteiger partial charge in [0, 0.05) is 17.4 Å². The zero-order valence-electron chi connectivity index (χ0n) is 14.2. The van der Waals surface area contributed by atoms with Gasteiger partial charge < -0.3 is 5.43 Å². The van der Waals surface area contributed by atoms with Gasteiger partial charge in [0.05, 0.1) is 11.8 Å². The van der Waals surface area contributed by atoms with Crippen molar-refractivity contribution >= 4 is 5.71 Å². The first-order valence-electron chi connectivity index (χ1n) is 8.65. The molecule has 2 nitrogen and oxygen atoms in total. The van der Waals surface area contributed by atoms with Gasteiger partial charge in [-0.2, -0.15) is 5.10 Å². The Balaban J connectivity index is 0.000000264. The number of rotatable bonds is 1. The Morgan fingerprint density at radius 2 is 1.56 bits per heavy atom. The Kier molecular flexibility index (Phi) is 6.63. The first-order valence-corrected chi connectivity index (χ1v) is 8.65. The Morgan fingerprint density at radius 3 is 2.24 bits per heavy atom. The van der Waals surface area contributed by atoms with Crippen molar-refractivity contribution in [2.75, 3.05) is 0 Å². The van der Waals surface area contributed by atoms with Gasteiger partial charge in [-0.15, -0.1) is 0 Å². The molecule has 0 aromatic heterocycles. The minimum atomic E-state index is 0. The minimum absolute atomic E-state index is 0. The van der Waals surface area contributed by atoms with Gasteiger partial charge in [0.2, 0.25) is 0 Å². The maximum atomic E-state index is 4.64. The van der Waals surface area contributed by atoms with E-state index in [0.29, 0.717) is 17.9 Å². The van der Waals surface area contributed by atoms with Crippen LogP contribution in [0.15, 0.2) is 29.4 Å². The van der Waals surface area contributed by atoms with E-state index in [4.69, 9.17) is 0 Å². The van der Waals surface area contributed by atoms with Gasteiger partial charge in [-0.1, -0.05) is 31.2 Å². The maximum absolute atomic E-state index is 4.64. The number of hydrazone groups is 1. The molecule has 3 atom stereocenters. The third-order valence-electron chi connectivity index (χ3n) is 5.06. The van der Waals surface area contributed by atoms with Gasteiger partial charge in [-0.25, -0.2) is 0 Å². The van der Waals surface area contributed by atoms with Crippen LogP contribution in [0, 0.1) is 69.6 Å². The Bertz CT molecular complexity index is 580. The van der Waals surface area contributed by atoms with Gasteiger partial charge in [-0.3, -0.25) is 0 Å². The number of fused-ring (bicyclic) bond motifs is 3. The molecule has 5 rings (SSSR count). The molecule has 25 heavy (non-hydrogen) atoms. The number of benzene rings is 1. The van der Waals surface area contributed by atoms with Crippen molar-refractivity contribution in [2.45, 2.75) is 25.3 Å². The number of nitrogens with one attached hydrogen (secondary N) is 1. The normalized spacial score (nSPS) is 30.3. The molecule has 2 saturated carbocycles. The molecule has 4 aliphatic rings. The molecule has 0 bridgehead atoms. The van der Waals surface area contributed by atoms with Crippen LogP contribution in [0.4, 0.5) is 0 Å². The number of nitrogens with zero attached hydrogens (tertiary/aromatic N) is 1. The summed E-state index contributed by atoms with van der Waals surface area (Å²) in [5.41, 5.74) is 7.39. The summed E-state index contributed by atoms with van der Waals surface area (Å²) in [5, 5.41) is 4.64. The fourth-order valence-electron chi connectivity index (χ4n) is 3.87. The summed E-state index contributed by atoms with van der Waals surface area (Å²) in [4.78, 5) is 0. The average Bonchev–Trinajstić information content (AvgIpc) is 3.37. The monoisotopic (exact) mass is 370 g/mol. The van der Waals surface area contributed by atoms with Gasteiger partial charge >= 0.3 is 17.1 Å². The van der Waals surface area contributed by atoms with Crippen molar-refractivity contribution in [3.05, 3.63) is 99.1 Å². The summed E-state index contributed by atoms with van der Waals surface area (Å²) in [7, 11) is 0. The van der Waals surface area contributed by atoms with E-state index in [1.807, 2.05) is 32.1 Å². The van der Waals surface area contributed by atoms with Crippen molar-refractivity contribution in [3.8, 4) is 0 Å². The summed E-state index contributed by atoms with van der Waals surface area (Å²) in [5.74, 6) is 2.47. The van der Waals surface area contributed by atoms with Gasteiger partial charge in [0.1, 0.15) is 0 Å². The fourth-order valence-corrected chi connectivity index (χ4v) is 3.87. The van der Waals surface area contributed by atoms with Crippen LogP contribution >= 0.6 is 0 Å². The molecule has 0 spiro atoms. The maximum Gasteiger partial charge on any atom is 2.00 e. The molecular weight excluding hydrogens is 348 g/mol. The Labute approximate surface area is 163 Å². The van der Waals surface area contributed by atoms with E-state index in [9.17, 15) is 0 Å². The predicted molar refractivity (Wildman–Crippen MR) is 98.4 cm³/mol. The number of hydrogen-bond acceptors (Lipinski definition) is 2. The molecule has 1 aliphatic heterocycles. The molecule has 10 radical (unpaired) electrons. The third kappa shape index (κ3) is 3.98. The average molecular weight is 370 g/mol. The standard InChI is InChI=1S/C17H17N2.C5H5.Fe/c1-11-10-15-16(12-6-2-3-7-12)18-19-17(15)14-9-5-4-8-13(11)14;1-2-4-5-3-1;/h2-9,11,15-16,18H,10H2,1H3;1-5H;/q;;+2. The van der Waals surface area contributed by atoms with Crippen LogP contribution in [0.3, 0.4) is 0 Å². The van der Waals surface area contributed by atoms with E-state index < -0.39 is 0 Å². The largest absolute Gasteiger partial charge is 2.00 e. The second-order valence-electron chi connectivity index (χ2n) is 6.61. The molecular formula is C22H22FeN2+2. The van der Waals surface area contributed by atoms with E-state index in [1.54, 1.807) is 0 Å². The Hall–Kier alpha value is -0.791. The van der Waals surface area contributed by atoms with Crippen LogP contribution in [0.5, 0.6) is 0 Å². The van der Waals surface area contributed by atoms with Crippen molar-refractivity contribution in [1.29, 1.82) is 0 Å². The van der Waals surface area contributed by atoms with Crippen molar-refractivity contribution in [3.63, 3.8) is 0 Å². The summed E-state index contributed by atoms with van der Waals surface area (Å²) < 4.78 is 0. The van der Waals surface area contributed by atoms with Crippen LogP contribution in [-0.2, 0) is 17.1 Å². The van der Waals surface area contributed by atoms with Gasteiger partial charge in [0.25, 0.3) is 0 Å². The van der Waals surface area contributed by atoms with Crippen molar-refractivity contribution in [1.82, 2.24) is 5.43 Å². The number of hydrogen-bond donors (Lipinski definition) is 1. The first-order chi connectivity index (χ1) is 11.8. The van der Waals surface area contributed by atoms with Crippen LogP contribution in [-0.4, -0.2) is 11.8 Å². The fraction of sp³-hybridized carbons (Fsp3) is 0.227. The Morgan fingerprint density at radius 1 is 0.920 bits per heavy atom. The quantitative estimate of drug-likeness (QED) is 0.745. The molecule has 0 saturated heterocycles. The van der Waals surface area contributed by atoms with Crippen molar-refractivity contribution < 1.29 is 17.1 Å². The summed E-state index contributed by atoms with van der Waals surface area (Å²) in [6, 6.07) is 9.06. The second-order valence-corrected chi connectivity index (χ2v) is 6.61. The zero-order valence-corrected chi connectivity index (χ0v) is 15.3. The zero-order chi connectivity index (χ0) is 16.4. The van der Waals surface area contributed by atoms with E-state index in [-0.39, 0.29) is 17.1 Å². The molecule has 1 N–H and O–H groups in total. The molecule has 1 heterocycles. The van der Waals surface area contributed by atoms with Crippen LogP contribution in [0.1, 0.15) is 30.4 Å². The molecule has 126 valence electrons. The van der Waals surface area contributed by atoms with Crippen LogP contribution in [0.2, 0.25) is 0 Å². The molecule has 0 amide bonds. The smallest absolute Gasteiger partial charge is 0.305 e. The molecule has 3 heteroatoms. The minimum Gasteiger partial charge on any atom is -0.305 e. The van der Waals surface area contributed by atoms with Crippen LogP contribution < -0.4 is 5.43 Å². The molecule has 1 aromatic carbocycles. The summed E-state index contributed by atoms with van der Waals surface area (Å²) in [6.45, 7) is 2.33. The topological polar surface area (TPSA) is 24.4 Å². The molecule has 3 aliphatic carbocycles. The SMILES string of the molecule is CC1CC2C(=NNC2[C]2[CH][CH][CH][CH]2)c2ccccc21.[CH]1[CH][CH][CH][CH]1.[Fe+2]. The van der Waals surface area contributed by atoms with E-state index in [2.05, 4.69) is 67.4 Å². The van der Waals surface area contributed by atoms with E-state index >= 15 is 0 Å². The van der Waals surface area contributed by atoms with E-state index in [1.165, 1.54) is 29.2 Å².